The predicted octanol–water partition coefficient (Wildman–Crippen LogP) is 5.03. The van der Waals surface area contributed by atoms with Gasteiger partial charge in [-0.1, -0.05) is 30.2 Å². The lowest BCUT2D eigenvalue weighted by Crippen LogP contribution is -1.99. The third kappa shape index (κ3) is 3.53. The van der Waals surface area contributed by atoms with E-state index in [1.54, 1.807) is 0 Å². The lowest BCUT2D eigenvalue weighted by atomic mass is 10.1. The molecule has 0 aliphatic rings. The predicted molar refractivity (Wildman–Crippen MR) is 123 cm³/mol. The maximum absolute atomic E-state index is 5.44. The van der Waals surface area contributed by atoms with Gasteiger partial charge in [0.05, 0.1) is 16.7 Å². The largest absolute Gasteiger partial charge is 0.481 e. The number of aryl methyl sites for hydroxylation is 1. The number of nitrogens with one attached hydrogen (secondary N) is 1. The molecule has 0 spiro atoms. The normalized spacial score (nSPS) is 10.8. The summed E-state index contributed by atoms with van der Waals surface area (Å²) in [5.41, 5.74) is 4.68. The molecule has 0 saturated carbocycles. The fraction of sp³-hybridized carbons (Fsp3) is 0.0800. The number of fused-ring (bicyclic) bond motifs is 2. The Hall–Kier alpha value is -4.37. The van der Waals surface area contributed by atoms with Crippen molar-refractivity contribution >= 4 is 33.3 Å². The van der Waals surface area contributed by atoms with E-state index in [2.05, 4.69) is 32.5 Å². The van der Waals surface area contributed by atoms with Gasteiger partial charge in [-0.25, -0.2) is 4.98 Å². The van der Waals surface area contributed by atoms with Gasteiger partial charge < -0.3 is 10.1 Å². The highest BCUT2D eigenvalue weighted by atomic mass is 16.5. The fourth-order valence-electron chi connectivity index (χ4n) is 3.59. The van der Waals surface area contributed by atoms with Crippen molar-refractivity contribution < 1.29 is 4.74 Å². The molecule has 0 radical (unpaired) electrons. The van der Waals surface area contributed by atoms with E-state index in [4.69, 9.17) is 11.2 Å². The van der Waals surface area contributed by atoms with Crippen LogP contribution in [-0.2, 0) is 0 Å². The van der Waals surface area contributed by atoms with Gasteiger partial charge in [0.25, 0.3) is 0 Å². The Balaban J connectivity index is 1.45. The van der Waals surface area contributed by atoms with Gasteiger partial charge in [-0.2, -0.15) is 5.10 Å². The van der Waals surface area contributed by atoms with Gasteiger partial charge in [-0.3, -0.25) is 4.57 Å². The van der Waals surface area contributed by atoms with Crippen molar-refractivity contribution in [3.05, 3.63) is 78.8 Å². The summed E-state index contributed by atoms with van der Waals surface area (Å²) in [6.45, 7) is 2.22. The van der Waals surface area contributed by atoms with Crippen molar-refractivity contribution in [2.24, 2.45) is 0 Å². The number of terminal acetylenes is 1. The van der Waals surface area contributed by atoms with E-state index in [-0.39, 0.29) is 6.61 Å². The standard InChI is InChI=1S/C25H19N5O/c1-3-14-31-20-11-9-19(10-12-20)30-16-26-23-15-18(8-13-24(23)30)27-25-22-7-5-4-6-21(22)17(2)28-29-25/h1,4-13,15-16H,14H2,2H3,(H,27,29). The molecular formula is C25H19N5O. The van der Waals surface area contributed by atoms with E-state index in [1.807, 2.05) is 78.5 Å². The van der Waals surface area contributed by atoms with Crippen LogP contribution in [0.25, 0.3) is 27.5 Å². The highest BCUT2D eigenvalue weighted by Gasteiger charge is 2.09. The molecule has 0 saturated heterocycles. The summed E-state index contributed by atoms with van der Waals surface area (Å²) >= 11 is 0. The summed E-state index contributed by atoms with van der Waals surface area (Å²) in [5, 5.41) is 14.1. The summed E-state index contributed by atoms with van der Waals surface area (Å²) in [5.74, 6) is 3.93. The van der Waals surface area contributed by atoms with E-state index in [0.29, 0.717) is 0 Å². The maximum Gasteiger partial charge on any atom is 0.160 e. The minimum atomic E-state index is 0.254. The molecule has 0 atom stereocenters. The van der Waals surface area contributed by atoms with Crippen molar-refractivity contribution in [1.82, 2.24) is 19.7 Å². The topological polar surface area (TPSA) is 64.9 Å². The first-order chi connectivity index (χ1) is 15.2. The Labute approximate surface area is 179 Å². The molecule has 0 amide bonds. The first kappa shape index (κ1) is 18.6. The molecule has 150 valence electrons. The van der Waals surface area contributed by atoms with E-state index >= 15 is 0 Å². The van der Waals surface area contributed by atoms with Gasteiger partial charge in [-0.05, 0) is 49.4 Å². The SMILES string of the molecule is C#CCOc1ccc(-n2cnc3cc(Nc4nnc(C)c5ccccc45)ccc32)cc1. The second-order valence-corrected chi connectivity index (χ2v) is 7.11. The molecule has 3 aromatic carbocycles. The quantitative estimate of drug-likeness (QED) is 0.415. The molecule has 0 fully saturated rings. The third-order valence-corrected chi connectivity index (χ3v) is 5.12. The summed E-state index contributed by atoms with van der Waals surface area (Å²) in [7, 11) is 0. The monoisotopic (exact) mass is 405 g/mol. The number of nitrogens with zero attached hydrogens (tertiary/aromatic N) is 4. The van der Waals surface area contributed by atoms with Gasteiger partial charge in [0.1, 0.15) is 18.7 Å². The van der Waals surface area contributed by atoms with Crippen molar-refractivity contribution in [1.29, 1.82) is 0 Å². The van der Waals surface area contributed by atoms with E-state index in [1.165, 1.54) is 0 Å². The Bertz CT molecular complexity index is 1430. The van der Waals surface area contributed by atoms with Crippen LogP contribution in [0, 0.1) is 19.3 Å². The average molecular weight is 405 g/mol. The number of anilines is 2. The van der Waals surface area contributed by atoms with Crippen LogP contribution >= 0.6 is 0 Å². The van der Waals surface area contributed by atoms with Crippen LogP contribution in [0.1, 0.15) is 5.69 Å². The lowest BCUT2D eigenvalue weighted by Gasteiger charge is -2.10. The van der Waals surface area contributed by atoms with Crippen LogP contribution in [0.2, 0.25) is 0 Å². The molecule has 0 aliphatic heterocycles. The van der Waals surface area contributed by atoms with Crippen molar-refractivity contribution in [2.45, 2.75) is 6.92 Å². The number of rotatable bonds is 5. The molecule has 6 heteroatoms. The summed E-state index contributed by atoms with van der Waals surface area (Å²) in [6, 6.07) is 21.9. The van der Waals surface area contributed by atoms with Gasteiger partial charge in [-0.15, -0.1) is 11.5 Å². The molecule has 5 rings (SSSR count). The molecule has 6 nitrogen and oxygen atoms in total. The smallest absolute Gasteiger partial charge is 0.160 e. The van der Waals surface area contributed by atoms with Crippen LogP contribution < -0.4 is 10.1 Å². The van der Waals surface area contributed by atoms with Crippen LogP contribution in [0.3, 0.4) is 0 Å². The van der Waals surface area contributed by atoms with E-state index < -0.39 is 0 Å². The van der Waals surface area contributed by atoms with E-state index in [9.17, 15) is 0 Å². The van der Waals surface area contributed by atoms with Crippen LogP contribution in [0.5, 0.6) is 5.75 Å². The molecule has 31 heavy (non-hydrogen) atoms. The van der Waals surface area contributed by atoms with Crippen molar-refractivity contribution in [3.63, 3.8) is 0 Å². The zero-order valence-electron chi connectivity index (χ0n) is 16.9. The molecule has 0 aliphatic carbocycles. The zero-order valence-corrected chi connectivity index (χ0v) is 16.9. The number of hydrogen-bond acceptors (Lipinski definition) is 5. The van der Waals surface area contributed by atoms with Gasteiger partial charge in [0.15, 0.2) is 5.82 Å². The number of ether oxygens (including phenoxy) is 1. The second-order valence-electron chi connectivity index (χ2n) is 7.11. The first-order valence-electron chi connectivity index (χ1n) is 9.86. The van der Waals surface area contributed by atoms with Crippen LogP contribution in [-0.4, -0.2) is 26.4 Å². The minimum Gasteiger partial charge on any atom is -0.481 e. The fourth-order valence-corrected chi connectivity index (χ4v) is 3.59. The Morgan fingerprint density at radius 2 is 1.81 bits per heavy atom. The highest BCUT2D eigenvalue weighted by Crippen LogP contribution is 2.28. The summed E-state index contributed by atoms with van der Waals surface area (Å²) < 4.78 is 7.48. The lowest BCUT2D eigenvalue weighted by molar-refractivity contribution is 0.370. The highest BCUT2D eigenvalue weighted by molar-refractivity contribution is 5.94. The minimum absolute atomic E-state index is 0.254. The van der Waals surface area contributed by atoms with Crippen molar-refractivity contribution in [2.75, 3.05) is 11.9 Å². The summed E-state index contributed by atoms with van der Waals surface area (Å²) in [6.07, 6.45) is 7.05. The molecule has 0 bridgehead atoms. The molecule has 2 heterocycles. The van der Waals surface area contributed by atoms with Crippen LogP contribution in [0.4, 0.5) is 11.5 Å². The van der Waals surface area contributed by atoms with Gasteiger partial charge >= 0.3 is 0 Å². The molecule has 1 N–H and O–H groups in total. The van der Waals surface area contributed by atoms with E-state index in [0.717, 1.165) is 50.4 Å². The number of aromatic nitrogens is 4. The maximum atomic E-state index is 5.44. The Kier molecular flexibility index (Phi) is 4.70. The van der Waals surface area contributed by atoms with Crippen molar-refractivity contribution in [3.8, 4) is 23.8 Å². The number of hydrogen-bond donors (Lipinski definition) is 1. The third-order valence-electron chi connectivity index (χ3n) is 5.12. The van der Waals surface area contributed by atoms with Gasteiger partial charge in [0, 0.05) is 22.1 Å². The number of benzene rings is 3. The number of imidazole rings is 1. The Morgan fingerprint density at radius 1 is 1.00 bits per heavy atom. The average Bonchev–Trinajstić information content (AvgIpc) is 3.23. The molecule has 0 unspecified atom stereocenters. The van der Waals surface area contributed by atoms with Crippen LogP contribution in [0.15, 0.2) is 73.1 Å². The first-order valence-corrected chi connectivity index (χ1v) is 9.86. The van der Waals surface area contributed by atoms with Gasteiger partial charge in [0.2, 0.25) is 0 Å². The summed E-state index contributed by atoms with van der Waals surface area (Å²) in [4.78, 5) is 4.57. The molecule has 5 aromatic rings. The molecule has 2 aromatic heterocycles. The zero-order chi connectivity index (χ0) is 21.2. The Morgan fingerprint density at radius 3 is 2.61 bits per heavy atom. The molecular weight excluding hydrogens is 386 g/mol. The second kappa shape index (κ2) is 7.81.